The molecule has 0 spiro atoms. The van der Waals surface area contributed by atoms with Crippen LogP contribution in [0.25, 0.3) is 11.5 Å². The van der Waals surface area contributed by atoms with Gasteiger partial charge in [-0.3, -0.25) is 4.79 Å². The van der Waals surface area contributed by atoms with Crippen molar-refractivity contribution in [3.05, 3.63) is 41.8 Å². The summed E-state index contributed by atoms with van der Waals surface area (Å²) in [5, 5.41) is 0. The molecule has 1 aromatic heterocycles. The first-order valence-corrected chi connectivity index (χ1v) is 9.34. The Kier molecular flexibility index (Phi) is 4.83. The number of rotatable bonds is 4. The van der Waals surface area contributed by atoms with E-state index in [4.69, 9.17) is 9.15 Å². The van der Waals surface area contributed by atoms with Crippen molar-refractivity contribution in [2.45, 2.75) is 32.2 Å². The van der Waals surface area contributed by atoms with Crippen LogP contribution in [0.2, 0.25) is 0 Å². The molecule has 2 aliphatic rings. The van der Waals surface area contributed by atoms with Crippen molar-refractivity contribution in [3.8, 4) is 11.5 Å². The molecule has 2 fully saturated rings. The first kappa shape index (κ1) is 17.6. The van der Waals surface area contributed by atoms with E-state index in [2.05, 4.69) is 4.98 Å². The highest BCUT2D eigenvalue weighted by Gasteiger charge is 2.33. The van der Waals surface area contributed by atoms with Crippen molar-refractivity contribution in [2.75, 3.05) is 26.2 Å². The largest absolute Gasteiger partial charge is 0.448 e. The Morgan fingerprint density at radius 3 is 2.59 bits per heavy atom. The molecule has 2 aliphatic heterocycles. The Balaban J connectivity index is 1.36. The quantitative estimate of drug-likeness (QED) is 0.828. The smallest absolute Gasteiger partial charge is 0.410 e. The molecule has 0 N–H and O–H groups in total. The van der Waals surface area contributed by atoms with E-state index in [0.717, 1.165) is 18.4 Å². The fraction of sp³-hybridized carbons (Fsp3) is 0.450. The minimum atomic E-state index is -0.230. The van der Waals surface area contributed by atoms with Crippen molar-refractivity contribution in [1.82, 2.24) is 14.8 Å². The zero-order chi connectivity index (χ0) is 18.8. The van der Waals surface area contributed by atoms with E-state index in [9.17, 15) is 9.59 Å². The van der Waals surface area contributed by atoms with E-state index in [1.807, 2.05) is 42.2 Å². The molecule has 27 heavy (non-hydrogen) atoms. The second-order valence-corrected chi connectivity index (χ2v) is 6.98. The Bertz CT molecular complexity index is 825. The van der Waals surface area contributed by atoms with Gasteiger partial charge in [0.2, 0.25) is 11.8 Å². The number of ether oxygens (including phenoxy) is 1. The van der Waals surface area contributed by atoms with Gasteiger partial charge in [-0.2, -0.15) is 0 Å². The number of hydrogen-bond acceptors (Lipinski definition) is 5. The number of aryl methyl sites for hydroxylation is 1. The van der Waals surface area contributed by atoms with Crippen molar-refractivity contribution in [2.24, 2.45) is 0 Å². The maximum absolute atomic E-state index is 12.7. The molecule has 142 valence electrons. The van der Waals surface area contributed by atoms with Gasteiger partial charge in [-0.25, -0.2) is 9.78 Å². The predicted molar refractivity (Wildman–Crippen MR) is 98.0 cm³/mol. The summed E-state index contributed by atoms with van der Waals surface area (Å²) in [7, 11) is 0. The third kappa shape index (κ3) is 3.67. The second-order valence-electron chi connectivity index (χ2n) is 6.98. The van der Waals surface area contributed by atoms with Crippen LogP contribution in [0, 0.1) is 6.92 Å². The fourth-order valence-electron chi connectivity index (χ4n) is 3.72. The predicted octanol–water partition coefficient (Wildman–Crippen LogP) is 2.64. The SMILES string of the molecule is Cc1oc(-c2ccccc2)nc1CC(=O)N1CCC(N2CCOC2=O)CC1. The van der Waals surface area contributed by atoms with Crippen molar-refractivity contribution < 1.29 is 18.7 Å². The number of oxazole rings is 1. The molecule has 3 heterocycles. The van der Waals surface area contributed by atoms with Gasteiger partial charge >= 0.3 is 6.09 Å². The summed E-state index contributed by atoms with van der Waals surface area (Å²) in [6.45, 7) is 4.25. The number of amides is 2. The van der Waals surface area contributed by atoms with Crippen molar-refractivity contribution in [3.63, 3.8) is 0 Å². The average molecular weight is 369 g/mol. The Morgan fingerprint density at radius 2 is 1.93 bits per heavy atom. The van der Waals surface area contributed by atoms with Gasteiger partial charge in [-0.1, -0.05) is 18.2 Å². The van der Waals surface area contributed by atoms with Crippen LogP contribution in [0.5, 0.6) is 0 Å². The zero-order valence-corrected chi connectivity index (χ0v) is 15.4. The topological polar surface area (TPSA) is 75.9 Å². The Morgan fingerprint density at radius 1 is 1.19 bits per heavy atom. The number of likely N-dealkylation sites (tertiary alicyclic amines) is 1. The van der Waals surface area contributed by atoms with Crippen LogP contribution in [0.4, 0.5) is 4.79 Å². The maximum atomic E-state index is 12.7. The van der Waals surface area contributed by atoms with Gasteiger partial charge in [0, 0.05) is 24.7 Å². The van der Waals surface area contributed by atoms with Crippen LogP contribution in [0.1, 0.15) is 24.3 Å². The van der Waals surface area contributed by atoms with Gasteiger partial charge < -0.3 is 19.0 Å². The number of carbonyl (C=O) groups excluding carboxylic acids is 2. The van der Waals surface area contributed by atoms with Gasteiger partial charge in [0.05, 0.1) is 18.7 Å². The minimum Gasteiger partial charge on any atom is -0.448 e. The summed E-state index contributed by atoms with van der Waals surface area (Å²) in [6.07, 6.45) is 1.58. The standard InChI is InChI=1S/C20H23N3O4/c1-14-17(21-19(27-14)15-5-3-2-4-6-15)13-18(24)22-9-7-16(8-10-22)23-11-12-26-20(23)25/h2-6,16H,7-13H2,1H3. The van der Waals surface area contributed by atoms with E-state index in [1.165, 1.54) is 0 Å². The molecule has 0 atom stereocenters. The minimum absolute atomic E-state index is 0.0495. The lowest BCUT2D eigenvalue weighted by Crippen LogP contribution is -2.47. The van der Waals surface area contributed by atoms with Crippen LogP contribution >= 0.6 is 0 Å². The van der Waals surface area contributed by atoms with Crippen LogP contribution in [0.15, 0.2) is 34.7 Å². The average Bonchev–Trinajstić information content (AvgIpc) is 3.28. The number of piperidine rings is 1. The summed E-state index contributed by atoms with van der Waals surface area (Å²) in [5.74, 6) is 1.27. The van der Waals surface area contributed by atoms with E-state index in [0.29, 0.717) is 43.6 Å². The van der Waals surface area contributed by atoms with Gasteiger partial charge in [0.1, 0.15) is 12.4 Å². The summed E-state index contributed by atoms with van der Waals surface area (Å²) < 4.78 is 10.8. The number of benzene rings is 1. The molecule has 2 saturated heterocycles. The normalized spacial score (nSPS) is 18.0. The highest BCUT2D eigenvalue weighted by atomic mass is 16.6. The van der Waals surface area contributed by atoms with Crippen molar-refractivity contribution >= 4 is 12.0 Å². The van der Waals surface area contributed by atoms with Crippen LogP contribution < -0.4 is 0 Å². The summed E-state index contributed by atoms with van der Waals surface area (Å²) in [5.41, 5.74) is 1.58. The molecule has 0 radical (unpaired) electrons. The molecule has 2 amide bonds. The van der Waals surface area contributed by atoms with Crippen LogP contribution in [-0.4, -0.2) is 59.1 Å². The molecule has 7 heteroatoms. The number of nitrogens with zero attached hydrogens (tertiary/aromatic N) is 3. The zero-order valence-electron chi connectivity index (χ0n) is 15.4. The molecule has 0 unspecified atom stereocenters. The van der Waals surface area contributed by atoms with E-state index in [-0.39, 0.29) is 24.5 Å². The summed E-state index contributed by atoms with van der Waals surface area (Å²) in [6, 6.07) is 9.84. The van der Waals surface area contributed by atoms with Gasteiger partial charge in [-0.15, -0.1) is 0 Å². The van der Waals surface area contributed by atoms with E-state index in [1.54, 1.807) is 4.90 Å². The molecule has 7 nitrogen and oxygen atoms in total. The monoisotopic (exact) mass is 369 g/mol. The number of cyclic esters (lactones) is 1. The van der Waals surface area contributed by atoms with Crippen molar-refractivity contribution in [1.29, 1.82) is 0 Å². The maximum Gasteiger partial charge on any atom is 0.410 e. The highest BCUT2D eigenvalue weighted by molar-refractivity contribution is 5.79. The Labute approximate surface area is 157 Å². The molecule has 4 rings (SSSR count). The first-order chi connectivity index (χ1) is 13.1. The lowest BCUT2D eigenvalue weighted by Gasteiger charge is -2.35. The number of aromatic nitrogens is 1. The lowest BCUT2D eigenvalue weighted by atomic mass is 10.0. The molecule has 2 aromatic rings. The third-order valence-corrected chi connectivity index (χ3v) is 5.28. The molecular weight excluding hydrogens is 346 g/mol. The highest BCUT2D eigenvalue weighted by Crippen LogP contribution is 2.23. The first-order valence-electron chi connectivity index (χ1n) is 9.34. The molecule has 0 bridgehead atoms. The summed E-state index contributed by atoms with van der Waals surface area (Å²) in [4.78, 5) is 32.6. The van der Waals surface area contributed by atoms with Gasteiger partial charge in [0.25, 0.3) is 0 Å². The van der Waals surface area contributed by atoms with E-state index < -0.39 is 0 Å². The molecule has 1 aromatic carbocycles. The molecule has 0 saturated carbocycles. The number of hydrogen-bond donors (Lipinski definition) is 0. The molecular formula is C20H23N3O4. The van der Waals surface area contributed by atoms with Gasteiger partial charge in [0.15, 0.2) is 0 Å². The third-order valence-electron chi connectivity index (χ3n) is 5.28. The number of carbonyl (C=O) groups is 2. The van der Waals surface area contributed by atoms with E-state index >= 15 is 0 Å². The van der Waals surface area contributed by atoms with Crippen LogP contribution in [0.3, 0.4) is 0 Å². The van der Waals surface area contributed by atoms with Crippen LogP contribution in [-0.2, 0) is 16.0 Å². The van der Waals surface area contributed by atoms with Gasteiger partial charge in [-0.05, 0) is 31.9 Å². The second kappa shape index (κ2) is 7.42. The Hall–Kier alpha value is -2.83. The summed E-state index contributed by atoms with van der Waals surface area (Å²) >= 11 is 0. The molecule has 0 aliphatic carbocycles. The lowest BCUT2D eigenvalue weighted by molar-refractivity contribution is -0.131. The fourth-order valence-corrected chi connectivity index (χ4v) is 3.72.